The van der Waals surface area contributed by atoms with E-state index in [9.17, 15) is 4.79 Å². The van der Waals surface area contributed by atoms with Crippen molar-refractivity contribution in [1.82, 2.24) is 14.9 Å². The quantitative estimate of drug-likeness (QED) is 0.219. The molecule has 0 saturated carbocycles. The summed E-state index contributed by atoms with van der Waals surface area (Å²) in [5, 5.41) is 3.40. The number of imidazole rings is 1. The molecule has 4 aromatic rings. The van der Waals surface area contributed by atoms with Gasteiger partial charge in [0.15, 0.2) is 0 Å². The van der Waals surface area contributed by atoms with Crippen LogP contribution in [0.25, 0.3) is 11.0 Å². The zero-order chi connectivity index (χ0) is 23.8. The highest BCUT2D eigenvalue weighted by molar-refractivity contribution is 6.33. The summed E-state index contributed by atoms with van der Waals surface area (Å²) in [5.41, 5.74) is 3.65. The molecule has 1 amide bonds. The summed E-state index contributed by atoms with van der Waals surface area (Å²) >= 11 is 6.14. The molecule has 1 heterocycles. The maximum atomic E-state index is 12.5. The molecular formula is C28H28ClN3O2. The molecule has 0 aliphatic carbocycles. The van der Waals surface area contributed by atoms with Crippen molar-refractivity contribution >= 4 is 28.5 Å². The molecule has 0 aliphatic heterocycles. The second-order valence-electron chi connectivity index (χ2n) is 7.96. The molecule has 4 rings (SSSR count). The van der Waals surface area contributed by atoms with Gasteiger partial charge in [-0.2, -0.15) is 0 Å². The SMILES string of the molecule is C=CCc1ccccc1OCCCn1c(CCNC(=O)c2ccccc2Cl)nc2ccccc21. The molecule has 0 saturated heterocycles. The van der Waals surface area contributed by atoms with Crippen LogP contribution in [0, 0.1) is 0 Å². The van der Waals surface area contributed by atoms with Crippen molar-refractivity contribution in [1.29, 1.82) is 0 Å². The number of aryl methyl sites for hydroxylation is 1. The fraction of sp³-hybridized carbons (Fsp3) is 0.214. The molecule has 1 N–H and O–H groups in total. The van der Waals surface area contributed by atoms with Gasteiger partial charge in [-0.1, -0.05) is 60.1 Å². The fourth-order valence-electron chi connectivity index (χ4n) is 3.97. The summed E-state index contributed by atoms with van der Waals surface area (Å²) < 4.78 is 8.28. The van der Waals surface area contributed by atoms with E-state index >= 15 is 0 Å². The number of carbonyl (C=O) groups excluding carboxylic acids is 1. The Hall–Kier alpha value is -3.57. The minimum atomic E-state index is -0.181. The number of nitrogens with one attached hydrogen (secondary N) is 1. The number of benzene rings is 3. The smallest absolute Gasteiger partial charge is 0.252 e. The maximum absolute atomic E-state index is 12.5. The molecule has 174 valence electrons. The van der Waals surface area contributed by atoms with Crippen LogP contribution < -0.4 is 10.1 Å². The van der Waals surface area contributed by atoms with Crippen LogP contribution in [0.3, 0.4) is 0 Å². The highest BCUT2D eigenvalue weighted by Gasteiger charge is 2.13. The van der Waals surface area contributed by atoms with Gasteiger partial charge in [-0.05, 0) is 48.7 Å². The molecule has 0 spiro atoms. The third-order valence-corrected chi connectivity index (χ3v) is 5.94. The van der Waals surface area contributed by atoms with Crippen LogP contribution in [0.5, 0.6) is 5.75 Å². The van der Waals surface area contributed by atoms with Gasteiger partial charge in [0, 0.05) is 19.5 Å². The van der Waals surface area contributed by atoms with E-state index in [2.05, 4.69) is 28.6 Å². The second-order valence-corrected chi connectivity index (χ2v) is 8.36. The molecule has 0 radical (unpaired) electrons. The molecule has 34 heavy (non-hydrogen) atoms. The van der Waals surface area contributed by atoms with Crippen molar-refractivity contribution < 1.29 is 9.53 Å². The number of nitrogens with zero attached hydrogens (tertiary/aromatic N) is 2. The standard InChI is InChI=1S/C28H28ClN3O2/c1-2-10-21-11-3-8-16-26(21)34-20-9-19-32-25-15-7-6-14-24(25)31-27(32)17-18-30-28(33)22-12-4-5-13-23(22)29/h2-8,11-16H,1,9-10,17-20H2,(H,30,33). The van der Waals surface area contributed by atoms with Gasteiger partial charge in [0.1, 0.15) is 11.6 Å². The molecule has 6 heteroatoms. The molecule has 0 fully saturated rings. The second kappa shape index (κ2) is 11.5. The van der Waals surface area contributed by atoms with Crippen LogP contribution in [0.2, 0.25) is 5.02 Å². The van der Waals surface area contributed by atoms with Crippen LogP contribution >= 0.6 is 11.6 Å². The highest BCUT2D eigenvalue weighted by atomic mass is 35.5. The van der Waals surface area contributed by atoms with Crippen LogP contribution in [0.1, 0.15) is 28.2 Å². The Labute approximate surface area is 205 Å². The van der Waals surface area contributed by atoms with E-state index in [-0.39, 0.29) is 5.91 Å². The minimum Gasteiger partial charge on any atom is -0.493 e. The number of hydrogen-bond acceptors (Lipinski definition) is 3. The van der Waals surface area contributed by atoms with Crippen LogP contribution in [0.4, 0.5) is 0 Å². The summed E-state index contributed by atoms with van der Waals surface area (Å²) in [6, 6.07) is 23.2. The Morgan fingerprint density at radius 3 is 2.68 bits per heavy atom. The summed E-state index contributed by atoms with van der Waals surface area (Å²) in [5.74, 6) is 1.66. The molecule has 5 nitrogen and oxygen atoms in total. The van der Waals surface area contributed by atoms with Crippen molar-refractivity contribution in [2.45, 2.75) is 25.8 Å². The van der Waals surface area contributed by atoms with Crippen molar-refractivity contribution in [2.75, 3.05) is 13.2 Å². The third-order valence-electron chi connectivity index (χ3n) is 5.61. The lowest BCUT2D eigenvalue weighted by Gasteiger charge is -2.13. The topological polar surface area (TPSA) is 56.1 Å². The van der Waals surface area contributed by atoms with Crippen molar-refractivity contribution in [2.24, 2.45) is 0 Å². The van der Waals surface area contributed by atoms with E-state index in [4.69, 9.17) is 21.3 Å². The van der Waals surface area contributed by atoms with Crippen molar-refractivity contribution in [3.63, 3.8) is 0 Å². The van der Waals surface area contributed by atoms with Gasteiger partial charge in [-0.3, -0.25) is 4.79 Å². The van der Waals surface area contributed by atoms with E-state index in [1.54, 1.807) is 18.2 Å². The number of hydrogen-bond donors (Lipinski definition) is 1. The molecule has 0 unspecified atom stereocenters. The zero-order valence-corrected chi connectivity index (χ0v) is 19.8. The van der Waals surface area contributed by atoms with E-state index < -0.39 is 0 Å². The number of allylic oxidation sites excluding steroid dienone is 1. The van der Waals surface area contributed by atoms with Gasteiger partial charge in [-0.25, -0.2) is 4.98 Å². The Kier molecular flexibility index (Phi) is 7.99. The molecule has 1 aromatic heterocycles. The Morgan fingerprint density at radius 1 is 1.06 bits per heavy atom. The summed E-state index contributed by atoms with van der Waals surface area (Å²) in [7, 11) is 0. The van der Waals surface area contributed by atoms with Crippen LogP contribution in [-0.4, -0.2) is 28.6 Å². The lowest BCUT2D eigenvalue weighted by atomic mass is 10.1. The van der Waals surface area contributed by atoms with Crippen LogP contribution in [0.15, 0.2) is 85.5 Å². The Bertz CT molecular complexity index is 1280. The summed E-state index contributed by atoms with van der Waals surface area (Å²) in [6.07, 6.45) is 4.12. The van der Waals surface area contributed by atoms with Crippen molar-refractivity contribution in [3.8, 4) is 5.75 Å². The number of fused-ring (bicyclic) bond motifs is 1. The largest absolute Gasteiger partial charge is 0.493 e. The summed E-state index contributed by atoms with van der Waals surface area (Å²) in [4.78, 5) is 17.3. The van der Waals surface area contributed by atoms with Gasteiger partial charge in [0.25, 0.3) is 5.91 Å². The van der Waals surface area contributed by atoms with Gasteiger partial charge >= 0.3 is 0 Å². The average molecular weight is 474 g/mol. The van der Waals surface area contributed by atoms with E-state index in [0.29, 0.717) is 30.2 Å². The van der Waals surface area contributed by atoms with Gasteiger partial charge in [0.2, 0.25) is 0 Å². The number of halogens is 1. The number of rotatable bonds is 11. The molecule has 3 aromatic carbocycles. The highest BCUT2D eigenvalue weighted by Crippen LogP contribution is 2.20. The normalized spacial score (nSPS) is 10.9. The van der Waals surface area contributed by atoms with Gasteiger partial charge in [-0.15, -0.1) is 6.58 Å². The zero-order valence-electron chi connectivity index (χ0n) is 19.0. The lowest BCUT2D eigenvalue weighted by molar-refractivity contribution is 0.0954. The van der Waals surface area contributed by atoms with Gasteiger partial charge in [0.05, 0.1) is 28.2 Å². The Balaban J connectivity index is 1.39. The third kappa shape index (κ3) is 5.67. The minimum absolute atomic E-state index is 0.181. The van der Waals surface area contributed by atoms with E-state index in [1.807, 2.05) is 48.5 Å². The van der Waals surface area contributed by atoms with Crippen molar-refractivity contribution in [3.05, 3.63) is 107 Å². The predicted molar refractivity (Wildman–Crippen MR) is 138 cm³/mol. The van der Waals surface area contributed by atoms with E-state index in [1.165, 1.54) is 0 Å². The van der Waals surface area contributed by atoms with E-state index in [0.717, 1.165) is 47.6 Å². The monoisotopic (exact) mass is 473 g/mol. The molecule has 0 bridgehead atoms. The molecule has 0 aliphatic rings. The number of carbonyl (C=O) groups is 1. The molecular weight excluding hydrogens is 446 g/mol. The fourth-order valence-corrected chi connectivity index (χ4v) is 4.19. The first-order chi connectivity index (χ1) is 16.7. The number of amides is 1. The van der Waals surface area contributed by atoms with Crippen LogP contribution in [-0.2, 0) is 19.4 Å². The maximum Gasteiger partial charge on any atom is 0.252 e. The predicted octanol–water partition coefficient (Wildman–Crippen LogP) is 5.86. The Morgan fingerprint density at radius 2 is 1.82 bits per heavy atom. The average Bonchev–Trinajstić information content (AvgIpc) is 3.20. The number of ether oxygens (including phenoxy) is 1. The first-order valence-corrected chi connectivity index (χ1v) is 11.8. The number of para-hydroxylation sites is 3. The first kappa shape index (κ1) is 23.6. The van der Waals surface area contributed by atoms with Gasteiger partial charge < -0.3 is 14.6 Å². The first-order valence-electron chi connectivity index (χ1n) is 11.5. The summed E-state index contributed by atoms with van der Waals surface area (Å²) in [6.45, 7) is 5.67. The lowest BCUT2D eigenvalue weighted by Crippen LogP contribution is -2.26. The number of aromatic nitrogens is 2. The molecule has 0 atom stereocenters.